The molecule has 4 rings (SSSR count). The molecular weight excluding hydrogens is 328 g/mol. The number of rotatable bonds is 3. The fourth-order valence-electron chi connectivity index (χ4n) is 3.49. The van der Waals surface area contributed by atoms with E-state index in [-0.39, 0.29) is 9.33 Å². The smallest absolute Gasteiger partial charge is 0.132 e. The molecule has 0 bridgehead atoms. The van der Waals surface area contributed by atoms with Crippen LogP contribution in [0.4, 0.5) is 0 Å². The van der Waals surface area contributed by atoms with E-state index in [0.717, 1.165) is 11.5 Å². The molecule has 0 fully saturated rings. The van der Waals surface area contributed by atoms with Gasteiger partial charge in [-0.05, 0) is 22.3 Å². The van der Waals surface area contributed by atoms with Crippen molar-refractivity contribution in [3.05, 3.63) is 70.8 Å². The second-order valence-electron chi connectivity index (χ2n) is 5.64. The Morgan fingerprint density at radius 1 is 1.09 bits per heavy atom. The standard InChI is InChI=1S/C18H18OS3/c1-2-22(19)18(16-10-6-4-8-14(16)12-21-18)17-15-9-5-3-7-13(15)11-20-17/h3-10,17H,2,11-12H2,1H3. The average molecular weight is 347 g/mol. The number of hydrogen-bond acceptors (Lipinski definition) is 3. The van der Waals surface area contributed by atoms with Crippen LogP contribution in [0.15, 0.2) is 48.5 Å². The molecule has 0 aromatic heterocycles. The Morgan fingerprint density at radius 3 is 2.64 bits per heavy atom. The molecule has 0 amide bonds. The summed E-state index contributed by atoms with van der Waals surface area (Å²) in [7, 11) is -0.877. The van der Waals surface area contributed by atoms with Gasteiger partial charge in [-0.25, -0.2) is 0 Å². The number of thioether (sulfide) groups is 2. The maximum atomic E-state index is 13.2. The van der Waals surface area contributed by atoms with Crippen molar-refractivity contribution < 1.29 is 4.21 Å². The molecule has 3 unspecified atom stereocenters. The van der Waals surface area contributed by atoms with E-state index in [9.17, 15) is 4.21 Å². The molecule has 0 N–H and O–H groups in total. The van der Waals surface area contributed by atoms with E-state index >= 15 is 0 Å². The topological polar surface area (TPSA) is 17.1 Å². The second-order valence-corrected chi connectivity index (χ2v) is 10.1. The van der Waals surface area contributed by atoms with Crippen LogP contribution in [0.2, 0.25) is 0 Å². The maximum Gasteiger partial charge on any atom is 0.132 e. The summed E-state index contributed by atoms with van der Waals surface area (Å²) >= 11 is 3.85. The van der Waals surface area contributed by atoms with E-state index in [1.165, 1.54) is 22.3 Å². The molecule has 0 saturated heterocycles. The van der Waals surface area contributed by atoms with E-state index < -0.39 is 10.8 Å². The molecule has 2 heterocycles. The molecule has 1 nitrogen and oxygen atoms in total. The Labute approximate surface area is 142 Å². The van der Waals surface area contributed by atoms with Crippen LogP contribution in [-0.4, -0.2) is 9.96 Å². The highest BCUT2D eigenvalue weighted by atomic mass is 32.2. The van der Waals surface area contributed by atoms with E-state index in [4.69, 9.17) is 0 Å². The van der Waals surface area contributed by atoms with Gasteiger partial charge in [0.2, 0.25) is 0 Å². The van der Waals surface area contributed by atoms with Crippen LogP contribution < -0.4 is 0 Å². The average Bonchev–Trinajstić information content (AvgIpc) is 3.16. The lowest BCUT2D eigenvalue weighted by Crippen LogP contribution is -2.32. The van der Waals surface area contributed by atoms with Crippen LogP contribution in [0.3, 0.4) is 0 Å². The normalized spacial score (nSPS) is 27.4. The molecular formula is C18H18OS3. The lowest BCUT2D eigenvalue weighted by Gasteiger charge is -2.34. The van der Waals surface area contributed by atoms with Crippen molar-refractivity contribution in [2.24, 2.45) is 0 Å². The second kappa shape index (κ2) is 5.73. The van der Waals surface area contributed by atoms with Gasteiger partial charge in [0.1, 0.15) is 4.08 Å². The molecule has 114 valence electrons. The summed E-state index contributed by atoms with van der Waals surface area (Å²) in [5, 5.41) is 0.290. The largest absolute Gasteiger partial charge is 0.258 e. The van der Waals surface area contributed by atoms with Gasteiger partial charge in [-0.1, -0.05) is 55.5 Å². The van der Waals surface area contributed by atoms with Gasteiger partial charge in [0.25, 0.3) is 0 Å². The fraction of sp³-hybridized carbons (Fsp3) is 0.333. The van der Waals surface area contributed by atoms with Gasteiger partial charge in [-0.2, -0.15) is 0 Å². The van der Waals surface area contributed by atoms with E-state index in [1.807, 2.05) is 30.4 Å². The summed E-state index contributed by atoms with van der Waals surface area (Å²) in [6.45, 7) is 2.05. The zero-order chi connectivity index (χ0) is 15.2. The predicted molar refractivity (Wildman–Crippen MR) is 98.6 cm³/mol. The summed E-state index contributed by atoms with van der Waals surface area (Å²) < 4.78 is 12.9. The zero-order valence-corrected chi connectivity index (χ0v) is 14.9. The van der Waals surface area contributed by atoms with E-state index in [2.05, 4.69) is 48.5 Å². The van der Waals surface area contributed by atoms with Crippen LogP contribution in [0.25, 0.3) is 0 Å². The summed E-state index contributed by atoms with van der Waals surface area (Å²) in [5.74, 6) is 2.72. The Kier molecular flexibility index (Phi) is 3.87. The Morgan fingerprint density at radius 2 is 1.82 bits per heavy atom. The molecule has 2 aliphatic heterocycles. The molecule has 3 atom stereocenters. The number of benzene rings is 2. The minimum atomic E-state index is -0.877. The molecule has 0 radical (unpaired) electrons. The monoisotopic (exact) mass is 346 g/mol. The first-order valence-corrected chi connectivity index (χ1v) is 10.9. The van der Waals surface area contributed by atoms with Crippen molar-refractivity contribution in [3.8, 4) is 0 Å². The third-order valence-electron chi connectivity index (χ3n) is 4.52. The molecule has 4 heteroatoms. The molecule has 22 heavy (non-hydrogen) atoms. The summed E-state index contributed by atoms with van der Waals surface area (Å²) in [6, 6.07) is 17.3. The van der Waals surface area contributed by atoms with Gasteiger partial charge in [0.15, 0.2) is 0 Å². The summed E-state index contributed by atoms with van der Waals surface area (Å²) in [5.41, 5.74) is 5.46. The first kappa shape index (κ1) is 14.9. The third kappa shape index (κ3) is 2.04. The van der Waals surface area contributed by atoms with Crippen LogP contribution in [0, 0.1) is 0 Å². The lowest BCUT2D eigenvalue weighted by molar-refractivity contribution is 0.663. The Balaban J connectivity index is 1.91. The summed E-state index contributed by atoms with van der Waals surface area (Å²) in [4.78, 5) is 0. The molecule has 0 spiro atoms. The van der Waals surface area contributed by atoms with Crippen molar-refractivity contribution in [1.82, 2.24) is 0 Å². The minimum absolute atomic E-state index is 0.289. The summed E-state index contributed by atoms with van der Waals surface area (Å²) in [6.07, 6.45) is 0. The van der Waals surface area contributed by atoms with Gasteiger partial charge in [0, 0.05) is 28.1 Å². The Hall–Kier alpha value is -0.710. The molecule has 2 aromatic rings. The lowest BCUT2D eigenvalue weighted by atomic mass is 9.97. The quantitative estimate of drug-likeness (QED) is 0.791. The van der Waals surface area contributed by atoms with Crippen LogP contribution in [-0.2, 0) is 26.4 Å². The highest BCUT2D eigenvalue weighted by Gasteiger charge is 2.52. The van der Waals surface area contributed by atoms with Crippen LogP contribution in [0.1, 0.15) is 34.4 Å². The zero-order valence-electron chi connectivity index (χ0n) is 12.5. The Bertz CT molecular complexity index is 743. The molecule has 2 aliphatic rings. The highest BCUT2D eigenvalue weighted by Crippen LogP contribution is 2.63. The van der Waals surface area contributed by atoms with Crippen LogP contribution in [0.5, 0.6) is 0 Å². The van der Waals surface area contributed by atoms with Crippen molar-refractivity contribution in [3.63, 3.8) is 0 Å². The molecule has 0 aliphatic carbocycles. The van der Waals surface area contributed by atoms with Crippen molar-refractivity contribution >= 4 is 34.3 Å². The number of fused-ring (bicyclic) bond motifs is 2. The minimum Gasteiger partial charge on any atom is -0.258 e. The predicted octanol–water partition coefficient (Wildman–Crippen LogP) is 4.84. The molecule has 0 saturated carbocycles. The highest BCUT2D eigenvalue weighted by molar-refractivity contribution is 8.13. The van der Waals surface area contributed by atoms with Gasteiger partial charge >= 0.3 is 0 Å². The van der Waals surface area contributed by atoms with Crippen molar-refractivity contribution in [1.29, 1.82) is 0 Å². The van der Waals surface area contributed by atoms with E-state index in [0.29, 0.717) is 5.75 Å². The van der Waals surface area contributed by atoms with Gasteiger partial charge in [0.05, 0.1) is 5.25 Å². The first-order valence-electron chi connectivity index (χ1n) is 7.57. The first-order chi connectivity index (χ1) is 10.8. The third-order valence-corrected chi connectivity index (χ3v) is 10.1. The van der Waals surface area contributed by atoms with Gasteiger partial charge in [-0.3, -0.25) is 4.21 Å². The number of hydrogen-bond donors (Lipinski definition) is 0. The maximum absolute atomic E-state index is 13.2. The SMILES string of the molecule is CCS(=O)C1(C2SCc3ccccc32)SCc2ccccc21. The van der Waals surface area contributed by atoms with Crippen molar-refractivity contribution in [2.45, 2.75) is 27.8 Å². The molecule has 2 aromatic carbocycles. The van der Waals surface area contributed by atoms with Gasteiger partial charge < -0.3 is 0 Å². The van der Waals surface area contributed by atoms with Crippen LogP contribution >= 0.6 is 23.5 Å². The van der Waals surface area contributed by atoms with E-state index in [1.54, 1.807) is 0 Å². The van der Waals surface area contributed by atoms with Gasteiger partial charge in [-0.15, -0.1) is 23.5 Å². The fourth-order valence-corrected chi connectivity index (χ4v) is 9.34. The van der Waals surface area contributed by atoms with Crippen molar-refractivity contribution in [2.75, 3.05) is 5.75 Å².